The number of aryl methyl sites for hydroxylation is 2. The average Bonchev–Trinajstić information content (AvgIpc) is 3.41. The van der Waals surface area contributed by atoms with Crippen LogP contribution in [0.15, 0.2) is 121 Å². The van der Waals surface area contributed by atoms with Gasteiger partial charge < -0.3 is 9.47 Å². The molecule has 5 heteroatoms. The summed E-state index contributed by atoms with van der Waals surface area (Å²) in [7, 11) is 13.3. The van der Waals surface area contributed by atoms with E-state index in [0.29, 0.717) is 0 Å². The van der Waals surface area contributed by atoms with E-state index < -0.39 is 20.8 Å². The number of rotatable bonds is 7. The van der Waals surface area contributed by atoms with Gasteiger partial charge in [0.1, 0.15) is 11.5 Å². The van der Waals surface area contributed by atoms with Crippen LogP contribution in [0.1, 0.15) is 67.5 Å². The van der Waals surface area contributed by atoms with E-state index >= 15 is 0 Å². The van der Waals surface area contributed by atoms with Gasteiger partial charge in [0.05, 0.1) is 14.2 Å². The number of benzene rings is 4. The number of hydrogen-bond donors (Lipinski definition) is 0. The zero-order chi connectivity index (χ0) is 35.5. The fraction of sp³-hybridized carbons (Fsp3) is 0.174. The summed E-state index contributed by atoms with van der Waals surface area (Å²) in [6.07, 6.45) is 20.2. The predicted molar refractivity (Wildman–Crippen MR) is 214 cm³/mol. The Balaban J connectivity index is 0.00000131. The maximum atomic E-state index is 5.46. The number of fused-ring (bicyclic) bond motifs is 4. The molecule has 0 aromatic heterocycles. The van der Waals surface area contributed by atoms with E-state index in [0.717, 1.165) is 24.3 Å². The first-order valence-electron chi connectivity index (χ1n) is 17.3. The van der Waals surface area contributed by atoms with Crippen LogP contribution in [0.4, 0.5) is 0 Å². The molecule has 0 aliphatic heterocycles. The minimum absolute atomic E-state index is 0.212. The second-order valence-corrected chi connectivity index (χ2v) is 17.0. The summed E-state index contributed by atoms with van der Waals surface area (Å²) < 4.78 is 10.9. The topological polar surface area (TPSA) is 18.5 Å². The van der Waals surface area contributed by atoms with Gasteiger partial charge in [-0.25, -0.2) is 0 Å². The molecule has 0 bridgehead atoms. The Morgan fingerprint density at radius 3 is 1.35 bits per heavy atom. The van der Waals surface area contributed by atoms with E-state index in [9.17, 15) is 0 Å². The van der Waals surface area contributed by atoms with Gasteiger partial charge in [-0.2, -0.15) is 23.3 Å². The van der Waals surface area contributed by atoms with Crippen molar-refractivity contribution >= 4 is 50.7 Å². The molecule has 0 saturated heterocycles. The van der Waals surface area contributed by atoms with Crippen molar-refractivity contribution in [3.05, 3.63) is 177 Å². The zero-order valence-electron chi connectivity index (χ0n) is 29.3. The van der Waals surface area contributed by atoms with Crippen LogP contribution >= 0.6 is 17.0 Å². The first-order valence-corrected chi connectivity index (χ1v) is 23.6. The molecule has 2 aliphatic carbocycles. The summed E-state index contributed by atoms with van der Waals surface area (Å²) in [5.41, 5.74) is 13.9. The van der Waals surface area contributed by atoms with Gasteiger partial charge in [-0.3, -0.25) is 0 Å². The van der Waals surface area contributed by atoms with Gasteiger partial charge in [-0.1, -0.05) is 99.5 Å². The van der Waals surface area contributed by atoms with Gasteiger partial charge in [-0.05, 0) is 68.8 Å². The van der Waals surface area contributed by atoms with Crippen LogP contribution in [0.5, 0.6) is 11.5 Å². The Morgan fingerprint density at radius 1 is 0.549 bits per heavy atom. The number of hydrogen-bond acceptors (Lipinski definition) is 2. The first-order chi connectivity index (χ1) is 24.9. The Labute approximate surface area is 320 Å². The molecule has 2 nitrogen and oxygen atoms in total. The number of halogens is 2. The van der Waals surface area contributed by atoms with E-state index in [4.69, 9.17) is 26.5 Å². The van der Waals surface area contributed by atoms with Gasteiger partial charge in [-0.15, -0.1) is 57.7 Å². The third kappa shape index (κ3) is 7.27. The predicted octanol–water partition coefficient (Wildman–Crippen LogP) is 12.7. The van der Waals surface area contributed by atoms with Crippen molar-refractivity contribution < 1.29 is 30.3 Å². The van der Waals surface area contributed by atoms with Crippen LogP contribution in [-0.2, 0) is 33.7 Å². The summed E-state index contributed by atoms with van der Waals surface area (Å²) in [5.74, 6) is 2.20. The summed E-state index contributed by atoms with van der Waals surface area (Å²) in [6, 6.07) is 31.2. The molecule has 0 spiro atoms. The number of allylic oxidation sites excluding steroid dienone is 6. The molecule has 0 fully saturated rings. The third-order valence-corrected chi connectivity index (χ3v) is 10.5. The molecule has 2 aliphatic rings. The molecular weight excluding hydrogens is 747 g/mol. The van der Waals surface area contributed by atoms with E-state index in [-0.39, 0.29) is 11.8 Å². The molecule has 0 amide bonds. The van der Waals surface area contributed by atoms with Crippen LogP contribution < -0.4 is 9.47 Å². The van der Waals surface area contributed by atoms with Crippen molar-refractivity contribution in [2.75, 3.05) is 14.2 Å². The molecule has 51 heavy (non-hydrogen) atoms. The van der Waals surface area contributed by atoms with Crippen molar-refractivity contribution in [3.8, 4) is 11.5 Å². The molecule has 8 rings (SSSR count). The number of ether oxygens (including phenoxy) is 2. The first kappa shape index (κ1) is 35.5. The fourth-order valence-corrected chi connectivity index (χ4v) is 7.96. The van der Waals surface area contributed by atoms with Crippen LogP contribution in [0.3, 0.4) is 0 Å². The van der Waals surface area contributed by atoms with Crippen molar-refractivity contribution in [3.63, 3.8) is 0 Å². The molecule has 254 valence electrons. The molecule has 6 aromatic carbocycles. The standard InChI is InChI=1S/C46H40O2.2ClH.Zr/c1-29-23-45-41(35-15-13-33-27-37(47-3)19-17-31(33)25-35)9-5-7-11-43(45)39(29)21-22-40-30(2)24-46-42(10-6-8-12-44(40)46)36-16-14-34-28-38(48-4)20-18-32(34)26-36;;;/h5-20,23-28,41-42H,21-22H2,1-4H3;2*1H;/q-2;;;+4/p-2. The van der Waals surface area contributed by atoms with E-state index in [2.05, 4.69) is 135 Å². The number of methoxy groups -OCH3 is 2. The Hall–Kier alpha value is -3.88. The average molecular weight is 787 g/mol. The SMILES string of the molecule is COc1ccc2cc(C3C=CC=Cc4c3cc(C)[c-]4CC[c-]3c(C)cc4c3C=CC=CC4c3ccc4cc(OC)ccc4c3)ccc2c1.[Cl][Zr+2][Cl]. The Kier molecular flexibility index (Phi) is 11.0. The molecule has 0 N–H and O–H groups in total. The molecule has 0 saturated carbocycles. The minimum atomic E-state index is -0.826. The van der Waals surface area contributed by atoms with Crippen molar-refractivity contribution in [1.29, 1.82) is 0 Å². The van der Waals surface area contributed by atoms with Gasteiger partial charge in [0.15, 0.2) is 0 Å². The van der Waals surface area contributed by atoms with Crippen LogP contribution in [0.2, 0.25) is 0 Å². The van der Waals surface area contributed by atoms with Crippen LogP contribution in [-0.4, -0.2) is 14.2 Å². The van der Waals surface area contributed by atoms with E-state index in [1.165, 1.54) is 77.2 Å². The van der Waals surface area contributed by atoms with Crippen molar-refractivity contribution in [2.24, 2.45) is 0 Å². The second kappa shape index (κ2) is 15.8. The molecular formula is C46H40Cl2O2Zr. The van der Waals surface area contributed by atoms with Gasteiger partial charge in [0.25, 0.3) is 0 Å². The quantitative estimate of drug-likeness (QED) is 0.150. The maximum absolute atomic E-state index is 5.46. The van der Waals surface area contributed by atoms with Crippen molar-refractivity contribution in [1.82, 2.24) is 0 Å². The van der Waals surface area contributed by atoms with Crippen LogP contribution in [0.25, 0.3) is 33.7 Å². The summed E-state index contributed by atoms with van der Waals surface area (Å²) >= 11 is -0.826. The van der Waals surface area contributed by atoms with E-state index in [1.807, 2.05) is 12.1 Å². The summed E-state index contributed by atoms with van der Waals surface area (Å²) in [6.45, 7) is 4.58. The fourth-order valence-electron chi connectivity index (χ4n) is 7.96. The van der Waals surface area contributed by atoms with Crippen LogP contribution in [0, 0.1) is 13.8 Å². The normalized spacial score (nSPS) is 15.8. The monoisotopic (exact) mass is 784 g/mol. The molecule has 2 unspecified atom stereocenters. The zero-order valence-corrected chi connectivity index (χ0v) is 33.3. The van der Waals surface area contributed by atoms with Gasteiger partial charge in [0.2, 0.25) is 0 Å². The summed E-state index contributed by atoms with van der Waals surface area (Å²) in [5, 5.41) is 4.87. The molecule has 2 atom stereocenters. The second-order valence-electron chi connectivity index (χ2n) is 13.3. The van der Waals surface area contributed by atoms with Gasteiger partial charge >= 0.3 is 37.9 Å². The summed E-state index contributed by atoms with van der Waals surface area (Å²) in [4.78, 5) is 0. The molecule has 0 radical (unpaired) electrons. The van der Waals surface area contributed by atoms with Gasteiger partial charge in [0, 0.05) is 0 Å². The Morgan fingerprint density at radius 2 is 0.941 bits per heavy atom. The molecule has 6 aromatic rings. The van der Waals surface area contributed by atoms with Crippen molar-refractivity contribution in [2.45, 2.75) is 38.5 Å². The third-order valence-electron chi connectivity index (χ3n) is 10.5. The molecule has 0 heterocycles. The Bertz CT molecular complexity index is 2170. The van der Waals surface area contributed by atoms with E-state index in [1.54, 1.807) is 14.2 Å².